The number of amides is 3. The molecule has 3 aromatic rings. The molecule has 12 nitrogen and oxygen atoms in total. The number of hydrogen-bond acceptors (Lipinski definition) is 10. The van der Waals surface area contributed by atoms with Crippen molar-refractivity contribution in [3.8, 4) is 23.0 Å². The number of carbonyl (C=O) groups is 3. The lowest BCUT2D eigenvalue weighted by Crippen LogP contribution is -2.42. The Labute approximate surface area is 262 Å². The van der Waals surface area contributed by atoms with Crippen molar-refractivity contribution in [3.63, 3.8) is 0 Å². The van der Waals surface area contributed by atoms with Crippen LogP contribution in [0.2, 0.25) is 0 Å². The van der Waals surface area contributed by atoms with Crippen LogP contribution in [0.4, 0.5) is 11.4 Å². The molecule has 4 aliphatic heterocycles. The van der Waals surface area contributed by atoms with Crippen molar-refractivity contribution < 1.29 is 33.3 Å². The summed E-state index contributed by atoms with van der Waals surface area (Å²) in [5.41, 5.74) is 2.85. The van der Waals surface area contributed by atoms with Crippen molar-refractivity contribution in [2.75, 3.05) is 18.9 Å². The first-order chi connectivity index (χ1) is 22.0. The van der Waals surface area contributed by atoms with Crippen LogP contribution >= 0.6 is 11.8 Å². The van der Waals surface area contributed by atoms with E-state index in [1.165, 1.54) is 16.7 Å². The molecule has 7 rings (SSSR count). The highest BCUT2D eigenvalue weighted by atomic mass is 32.2. The minimum Gasteiger partial charge on any atom is -0.454 e. The number of hydrogen-bond donors (Lipinski definition) is 2. The summed E-state index contributed by atoms with van der Waals surface area (Å²) >= 11 is 1.21. The predicted molar refractivity (Wildman–Crippen MR) is 167 cm³/mol. The lowest BCUT2D eigenvalue weighted by atomic mass is 10.1. The first-order valence-electron chi connectivity index (χ1n) is 14.6. The second-order valence-electron chi connectivity index (χ2n) is 10.6. The fourth-order valence-corrected chi connectivity index (χ4v) is 6.34. The van der Waals surface area contributed by atoms with Crippen LogP contribution in [0, 0.1) is 0 Å². The van der Waals surface area contributed by atoms with Crippen molar-refractivity contribution in [2.24, 2.45) is 9.98 Å². The molecule has 13 heteroatoms. The third-order valence-electron chi connectivity index (χ3n) is 7.67. The van der Waals surface area contributed by atoms with Gasteiger partial charge in [0.2, 0.25) is 25.4 Å². The predicted octanol–water partition coefficient (Wildman–Crippen LogP) is 4.35. The van der Waals surface area contributed by atoms with Gasteiger partial charge in [0.1, 0.15) is 11.9 Å². The molecule has 4 heterocycles. The zero-order valence-electron chi connectivity index (χ0n) is 24.3. The smallest absolute Gasteiger partial charge is 0.259 e. The SMILES string of the molecule is CC[C@@H](SC1=Nc2ccccc2C2=N[C@H](CCC(=O)NCc3ccc4c(c3)OCO4)C(=O)N12)C(=O)Nc1ccc2c(c1)OCO2. The van der Waals surface area contributed by atoms with Crippen LogP contribution in [0.3, 0.4) is 0 Å². The Morgan fingerprint density at radius 3 is 2.51 bits per heavy atom. The second kappa shape index (κ2) is 12.2. The Bertz CT molecular complexity index is 1760. The van der Waals surface area contributed by atoms with E-state index in [0.717, 1.165) is 11.1 Å². The highest BCUT2D eigenvalue weighted by Crippen LogP contribution is 2.37. The van der Waals surface area contributed by atoms with Gasteiger partial charge in [-0.2, -0.15) is 0 Å². The van der Waals surface area contributed by atoms with Crippen LogP contribution in [-0.4, -0.2) is 58.5 Å². The van der Waals surface area contributed by atoms with E-state index < -0.39 is 11.3 Å². The lowest BCUT2D eigenvalue weighted by Gasteiger charge is -2.27. The molecule has 2 N–H and O–H groups in total. The molecule has 4 aliphatic rings. The normalized spacial score (nSPS) is 17.7. The summed E-state index contributed by atoms with van der Waals surface area (Å²) < 4.78 is 21.5. The topological polar surface area (TPSA) is 140 Å². The molecule has 0 saturated heterocycles. The molecule has 0 aromatic heterocycles. The number of ether oxygens (including phenoxy) is 4. The molecule has 0 saturated carbocycles. The summed E-state index contributed by atoms with van der Waals surface area (Å²) in [4.78, 5) is 50.8. The summed E-state index contributed by atoms with van der Waals surface area (Å²) in [5, 5.41) is 5.67. The molecular weight excluding hydrogens is 598 g/mol. The molecule has 3 amide bonds. The van der Waals surface area contributed by atoms with E-state index in [9.17, 15) is 14.4 Å². The largest absolute Gasteiger partial charge is 0.454 e. The number of para-hydroxylation sites is 1. The molecule has 0 spiro atoms. The van der Waals surface area contributed by atoms with E-state index in [2.05, 4.69) is 10.6 Å². The van der Waals surface area contributed by atoms with Gasteiger partial charge in [0, 0.05) is 30.3 Å². The average Bonchev–Trinajstić information content (AvgIpc) is 3.80. The van der Waals surface area contributed by atoms with Crippen molar-refractivity contribution in [3.05, 3.63) is 71.8 Å². The van der Waals surface area contributed by atoms with Crippen LogP contribution in [0.25, 0.3) is 0 Å². The number of nitrogens with zero attached hydrogens (tertiary/aromatic N) is 3. The standard InChI is InChI=1S/C32H29N5O7S/c1-2-27(30(39)34-19-8-11-24-26(14-19)44-17-42-24)45-32-36-21-6-4-3-5-20(21)29-35-22(31(40)37(29)32)9-12-28(38)33-15-18-7-10-23-25(13-18)43-16-41-23/h3-8,10-11,13-14,22,27H,2,9,12,15-17H2,1H3,(H,33,38)(H,34,39)/t22-,27-/m1/s1. The van der Waals surface area contributed by atoms with E-state index in [-0.39, 0.29) is 44.1 Å². The van der Waals surface area contributed by atoms with Crippen LogP contribution in [-0.2, 0) is 20.9 Å². The number of aliphatic imine (C=N–C) groups is 2. The summed E-state index contributed by atoms with van der Waals surface area (Å²) in [5.74, 6) is 2.30. The third-order valence-corrected chi connectivity index (χ3v) is 8.99. The van der Waals surface area contributed by atoms with Gasteiger partial charge in [-0.3, -0.25) is 19.4 Å². The monoisotopic (exact) mass is 627 g/mol. The molecule has 2 atom stereocenters. The zero-order chi connectivity index (χ0) is 30.9. The van der Waals surface area contributed by atoms with E-state index >= 15 is 0 Å². The van der Waals surface area contributed by atoms with E-state index in [1.807, 2.05) is 49.4 Å². The van der Waals surface area contributed by atoms with Gasteiger partial charge in [0.05, 0.1) is 10.9 Å². The van der Waals surface area contributed by atoms with Gasteiger partial charge in [-0.1, -0.05) is 36.9 Å². The highest BCUT2D eigenvalue weighted by molar-refractivity contribution is 8.15. The number of benzene rings is 3. The molecule has 0 bridgehead atoms. The number of rotatable bonds is 9. The summed E-state index contributed by atoms with van der Waals surface area (Å²) in [7, 11) is 0. The summed E-state index contributed by atoms with van der Waals surface area (Å²) in [6.07, 6.45) is 0.833. The first kappa shape index (κ1) is 28.7. The van der Waals surface area contributed by atoms with Crippen molar-refractivity contribution in [1.82, 2.24) is 10.2 Å². The first-order valence-corrected chi connectivity index (χ1v) is 15.5. The molecular formula is C32H29N5O7S. The summed E-state index contributed by atoms with van der Waals surface area (Å²) in [6, 6.07) is 17.4. The Kier molecular flexibility index (Phi) is 7.76. The van der Waals surface area contributed by atoms with Gasteiger partial charge < -0.3 is 29.6 Å². The molecule has 0 fully saturated rings. The number of anilines is 1. The lowest BCUT2D eigenvalue weighted by molar-refractivity contribution is -0.125. The minimum absolute atomic E-state index is 0.113. The quantitative estimate of drug-likeness (QED) is 0.357. The Morgan fingerprint density at radius 1 is 0.978 bits per heavy atom. The van der Waals surface area contributed by atoms with Crippen molar-refractivity contribution >= 4 is 51.9 Å². The molecule has 0 aliphatic carbocycles. The Balaban J connectivity index is 1.02. The molecule has 45 heavy (non-hydrogen) atoms. The summed E-state index contributed by atoms with van der Waals surface area (Å²) in [6.45, 7) is 2.55. The van der Waals surface area contributed by atoms with Gasteiger partial charge in [-0.15, -0.1) is 0 Å². The number of carbonyl (C=O) groups excluding carboxylic acids is 3. The van der Waals surface area contributed by atoms with Crippen LogP contribution < -0.4 is 29.6 Å². The van der Waals surface area contributed by atoms with Gasteiger partial charge in [0.15, 0.2) is 28.2 Å². The Morgan fingerprint density at radius 2 is 1.71 bits per heavy atom. The number of thioether (sulfide) groups is 1. The average molecular weight is 628 g/mol. The Hall–Kier alpha value is -5.04. The van der Waals surface area contributed by atoms with E-state index in [4.69, 9.17) is 28.9 Å². The van der Waals surface area contributed by atoms with Crippen LogP contribution in [0.1, 0.15) is 37.3 Å². The third kappa shape index (κ3) is 5.78. The van der Waals surface area contributed by atoms with Crippen molar-refractivity contribution in [1.29, 1.82) is 0 Å². The maximum absolute atomic E-state index is 13.7. The van der Waals surface area contributed by atoms with E-state index in [0.29, 0.717) is 58.3 Å². The van der Waals surface area contributed by atoms with Gasteiger partial charge in [-0.05, 0) is 54.8 Å². The highest BCUT2D eigenvalue weighted by Gasteiger charge is 2.42. The molecule has 3 aromatic carbocycles. The molecule has 0 radical (unpaired) electrons. The van der Waals surface area contributed by atoms with Crippen LogP contribution in [0.15, 0.2) is 70.6 Å². The van der Waals surface area contributed by atoms with Crippen molar-refractivity contribution in [2.45, 2.75) is 44.0 Å². The zero-order valence-corrected chi connectivity index (χ0v) is 25.1. The molecule has 230 valence electrons. The fourth-order valence-electron chi connectivity index (χ4n) is 5.32. The number of amidine groups is 2. The van der Waals surface area contributed by atoms with Gasteiger partial charge in [-0.25, -0.2) is 9.89 Å². The van der Waals surface area contributed by atoms with Gasteiger partial charge >= 0.3 is 0 Å². The van der Waals surface area contributed by atoms with Gasteiger partial charge in [0.25, 0.3) is 5.91 Å². The fraction of sp³-hybridized carbons (Fsp3) is 0.281. The maximum atomic E-state index is 13.7. The van der Waals surface area contributed by atoms with Crippen LogP contribution in [0.5, 0.6) is 23.0 Å². The number of fused-ring (bicyclic) bond motifs is 5. The second-order valence-corrected chi connectivity index (χ2v) is 11.8. The number of nitrogens with one attached hydrogen (secondary N) is 2. The minimum atomic E-state index is -0.754. The van der Waals surface area contributed by atoms with E-state index in [1.54, 1.807) is 18.2 Å². The molecule has 0 unspecified atom stereocenters. The maximum Gasteiger partial charge on any atom is 0.259 e.